The highest BCUT2D eigenvalue weighted by Gasteiger charge is 2.31. The van der Waals surface area contributed by atoms with E-state index in [1.165, 1.54) is 11.8 Å². The number of rotatable bonds is 3. The molecule has 0 radical (unpaired) electrons. The van der Waals surface area contributed by atoms with E-state index >= 15 is 0 Å². The first-order valence-corrected chi connectivity index (χ1v) is 7.33. The Morgan fingerprint density at radius 1 is 1.53 bits per heavy atom. The van der Waals surface area contributed by atoms with Crippen LogP contribution >= 0.6 is 11.8 Å². The fourth-order valence-corrected chi connectivity index (χ4v) is 2.85. The van der Waals surface area contributed by atoms with E-state index in [0.717, 1.165) is 22.7 Å². The molecule has 0 N–H and O–H groups in total. The molecule has 1 aliphatic rings. The lowest BCUT2D eigenvalue weighted by molar-refractivity contribution is -0.117. The number of pyridine rings is 1. The maximum absolute atomic E-state index is 12.0. The fraction of sp³-hybridized carbons (Fsp3) is 0.500. The number of nitrogens with zero attached hydrogens (tertiary/aromatic N) is 2. The van der Waals surface area contributed by atoms with E-state index in [9.17, 15) is 9.59 Å². The number of aromatic nitrogens is 1. The zero-order chi connectivity index (χ0) is 14.0. The van der Waals surface area contributed by atoms with E-state index in [4.69, 9.17) is 0 Å². The summed E-state index contributed by atoms with van der Waals surface area (Å²) in [6.45, 7) is 6.20. The molecule has 19 heavy (non-hydrogen) atoms. The van der Waals surface area contributed by atoms with E-state index in [-0.39, 0.29) is 16.9 Å². The van der Waals surface area contributed by atoms with Crippen molar-refractivity contribution in [2.24, 2.45) is 5.92 Å². The molecule has 1 atom stereocenters. The van der Waals surface area contributed by atoms with E-state index in [0.29, 0.717) is 13.0 Å². The minimum absolute atomic E-state index is 0.110. The summed E-state index contributed by atoms with van der Waals surface area (Å²) in [4.78, 5) is 29.1. The van der Waals surface area contributed by atoms with Gasteiger partial charge in [-0.25, -0.2) is 0 Å². The van der Waals surface area contributed by atoms with Gasteiger partial charge in [0.15, 0.2) is 5.12 Å². The van der Waals surface area contributed by atoms with Crippen molar-refractivity contribution in [1.82, 2.24) is 4.98 Å². The van der Waals surface area contributed by atoms with E-state index in [1.54, 1.807) is 18.0 Å². The second-order valence-corrected chi connectivity index (χ2v) is 6.17. The van der Waals surface area contributed by atoms with Gasteiger partial charge in [-0.1, -0.05) is 11.8 Å². The van der Waals surface area contributed by atoms with Gasteiger partial charge in [-0.3, -0.25) is 14.6 Å². The van der Waals surface area contributed by atoms with E-state index in [2.05, 4.69) is 4.98 Å². The van der Waals surface area contributed by atoms with Crippen molar-refractivity contribution in [2.45, 2.75) is 27.2 Å². The predicted octanol–water partition coefficient (Wildman–Crippen LogP) is 2.33. The summed E-state index contributed by atoms with van der Waals surface area (Å²) in [6.07, 6.45) is 2.27. The number of hydrogen-bond donors (Lipinski definition) is 0. The molecule has 1 aromatic heterocycles. The molecule has 2 heterocycles. The first kappa shape index (κ1) is 14.1. The first-order valence-electron chi connectivity index (χ1n) is 6.34. The maximum Gasteiger partial charge on any atom is 0.227 e. The van der Waals surface area contributed by atoms with Gasteiger partial charge in [0, 0.05) is 31.3 Å². The molecule has 2 rings (SSSR count). The highest BCUT2D eigenvalue weighted by Crippen LogP contribution is 2.27. The van der Waals surface area contributed by atoms with Gasteiger partial charge >= 0.3 is 0 Å². The van der Waals surface area contributed by atoms with Crippen molar-refractivity contribution < 1.29 is 9.59 Å². The molecule has 0 aliphatic carbocycles. The van der Waals surface area contributed by atoms with Crippen molar-refractivity contribution in [1.29, 1.82) is 0 Å². The van der Waals surface area contributed by atoms with Crippen LogP contribution < -0.4 is 4.90 Å². The summed E-state index contributed by atoms with van der Waals surface area (Å²) in [6, 6.07) is 2.00. The molecule has 0 saturated carbocycles. The van der Waals surface area contributed by atoms with Crippen molar-refractivity contribution >= 4 is 28.5 Å². The Kier molecular flexibility index (Phi) is 4.24. The summed E-state index contributed by atoms with van der Waals surface area (Å²) in [7, 11) is 0. The number of amides is 1. The molecule has 0 bridgehead atoms. The van der Waals surface area contributed by atoms with Crippen LogP contribution in [0.15, 0.2) is 12.3 Å². The van der Waals surface area contributed by atoms with E-state index in [1.807, 2.05) is 19.9 Å². The van der Waals surface area contributed by atoms with Crippen LogP contribution in [-0.2, 0) is 9.59 Å². The van der Waals surface area contributed by atoms with Gasteiger partial charge in [-0.05, 0) is 31.4 Å². The lowest BCUT2D eigenvalue weighted by Crippen LogP contribution is -2.25. The number of aryl methyl sites for hydroxylation is 2. The number of thioether (sulfide) groups is 1. The van der Waals surface area contributed by atoms with Crippen LogP contribution in [0, 0.1) is 19.8 Å². The van der Waals surface area contributed by atoms with Gasteiger partial charge in [-0.2, -0.15) is 0 Å². The third-order valence-corrected chi connectivity index (χ3v) is 4.41. The molecule has 0 aromatic carbocycles. The van der Waals surface area contributed by atoms with Crippen LogP contribution in [0.2, 0.25) is 0 Å². The smallest absolute Gasteiger partial charge is 0.227 e. The third-order valence-electron chi connectivity index (χ3n) is 3.36. The van der Waals surface area contributed by atoms with Gasteiger partial charge in [-0.15, -0.1) is 0 Å². The van der Waals surface area contributed by atoms with Crippen molar-refractivity contribution in [3.8, 4) is 0 Å². The predicted molar refractivity (Wildman–Crippen MR) is 77.3 cm³/mol. The summed E-state index contributed by atoms with van der Waals surface area (Å²) in [5.41, 5.74) is 2.94. The average molecular weight is 278 g/mol. The Hall–Kier alpha value is -1.36. The van der Waals surface area contributed by atoms with Crippen LogP contribution in [-0.4, -0.2) is 28.3 Å². The van der Waals surface area contributed by atoms with Crippen LogP contribution in [0.1, 0.15) is 24.6 Å². The van der Waals surface area contributed by atoms with Gasteiger partial charge in [0.1, 0.15) is 0 Å². The monoisotopic (exact) mass is 278 g/mol. The lowest BCUT2D eigenvalue weighted by atomic mass is 10.1. The Balaban J connectivity index is 2.07. The Labute approximate surface area is 117 Å². The topological polar surface area (TPSA) is 50.3 Å². The first-order chi connectivity index (χ1) is 8.97. The molecular weight excluding hydrogens is 260 g/mol. The molecule has 1 fully saturated rings. The molecule has 0 spiro atoms. The minimum atomic E-state index is 0.110. The van der Waals surface area contributed by atoms with E-state index < -0.39 is 0 Å². The SMILES string of the molecule is CC(=O)SCC1CC(=O)N(c2cnc(C)c(C)c2)C1. The molecule has 1 aliphatic heterocycles. The van der Waals surface area contributed by atoms with Crippen molar-refractivity contribution in [2.75, 3.05) is 17.2 Å². The van der Waals surface area contributed by atoms with Crippen LogP contribution in [0.4, 0.5) is 5.69 Å². The zero-order valence-corrected chi connectivity index (χ0v) is 12.3. The van der Waals surface area contributed by atoms with Gasteiger partial charge in [0.25, 0.3) is 0 Å². The molecule has 4 nitrogen and oxygen atoms in total. The number of hydrogen-bond acceptors (Lipinski definition) is 4. The average Bonchev–Trinajstić information content (AvgIpc) is 2.72. The van der Waals surface area contributed by atoms with Gasteiger partial charge in [0.05, 0.1) is 11.9 Å². The largest absolute Gasteiger partial charge is 0.311 e. The Morgan fingerprint density at radius 3 is 2.89 bits per heavy atom. The van der Waals surface area contributed by atoms with Crippen LogP contribution in [0.3, 0.4) is 0 Å². The second kappa shape index (κ2) is 5.74. The standard InChI is InChI=1S/C14H18N2O2S/c1-9-4-13(6-15-10(9)2)16-7-12(5-14(16)18)8-19-11(3)17/h4,6,12H,5,7-8H2,1-3H3. The number of carbonyl (C=O) groups is 2. The molecule has 1 saturated heterocycles. The molecule has 1 amide bonds. The molecule has 102 valence electrons. The Morgan fingerprint density at radius 2 is 2.26 bits per heavy atom. The molecular formula is C14H18N2O2S. The fourth-order valence-electron chi connectivity index (χ4n) is 2.15. The maximum atomic E-state index is 12.0. The molecule has 5 heteroatoms. The van der Waals surface area contributed by atoms with Gasteiger partial charge < -0.3 is 4.90 Å². The lowest BCUT2D eigenvalue weighted by Gasteiger charge is -2.17. The number of carbonyl (C=O) groups excluding carboxylic acids is 2. The van der Waals surface area contributed by atoms with Gasteiger partial charge in [0.2, 0.25) is 5.91 Å². The third kappa shape index (κ3) is 3.35. The molecule has 1 aromatic rings. The van der Waals surface area contributed by atoms with Crippen molar-refractivity contribution in [3.63, 3.8) is 0 Å². The number of anilines is 1. The molecule has 1 unspecified atom stereocenters. The minimum Gasteiger partial charge on any atom is -0.311 e. The Bertz CT molecular complexity index is 516. The van der Waals surface area contributed by atoms with Crippen LogP contribution in [0.25, 0.3) is 0 Å². The summed E-state index contributed by atoms with van der Waals surface area (Å²) < 4.78 is 0. The summed E-state index contributed by atoms with van der Waals surface area (Å²) in [5, 5.41) is 0.110. The summed E-state index contributed by atoms with van der Waals surface area (Å²) >= 11 is 1.30. The normalized spacial score (nSPS) is 19.0. The highest BCUT2D eigenvalue weighted by molar-refractivity contribution is 8.13. The van der Waals surface area contributed by atoms with Crippen LogP contribution in [0.5, 0.6) is 0 Å². The highest BCUT2D eigenvalue weighted by atomic mass is 32.2. The quantitative estimate of drug-likeness (QED) is 0.851. The second-order valence-electron chi connectivity index (χ2n) is 4.97. The van der Waals surface area contributed by atoms with Crippen molar-refractivity contribution in [3.05, 3.63) is 23.5 Å². The summed E-state index contributed by atoms with van der Waals surface area (Å²) in [5.74, 6) is 1.10. The zero-order valence-electron chi connectivity index (χ0n) is 11.5.